The number of thioether (sulfide) groups is 1. The first-order chi connectivity index (χ1) is 9.47. The smallest absolute Gasteiger partial charge is 0.338 e. The fraction of sp³-hybridized carbons (Fsp3) is 0.385. The van der Waals surface area contributed by atoms with Crippen molar-refractivity contribution < 1.29 is 14.7 Å². The maximum absolute atomic E-state index is 11.7. The zero-order chi connectivity index (χ0) is 15.1. The summed E-state index contributed by atoms with van der Waals surface area (Å²) in [4.78, 5) is 23.8. The topological polar surface area (TPSA) is 78.4 Å². The number of hydrogen-bond acceptors (Lipinski definition) is 4. The number of carbonyl (C=O) groups is 2. The molecule has 0 unspecified atom stereocenters. The molecule has 0 spiro atoms. The van der Waals surface area contributed by atoms with E-state index in [1.807, 2.05) is 6.92 Å². The number of carboxylic acid groups (broad SMARTS) is 1. The van der Waals surface area contributed by atoms with Crippen molar-refractivity contribution in [2.24, 2.45) is 0 Å². The molecule has 20 heavy (non-hydrogen) atoms. The van der Waals surface area contributed by atoms with Gasteiger partial charge in [0.25, 0.3) is 0 Å². The number of aromatic carboxylic acids is 1. The maximum atomic E-state index is 11.7. The summed E-state index contributed by atoms with van der Waals surface area (Å²) >= 11 is 2.94. The minimum absolute atomic E-state index is 0.170. The molecule has 5 nitrogen and oxygen atoms in total. The van der Waals surface area contributed by atoms with Crippen LogP contribution in [0.5, 0.6) is 0 Å². The van der Waals surface area contributed by atoms with Gasteiger partial charge in [-0.25, -0.2) is 9.59 Å². The van der Waals surface area contributed by atoms with Crippen molar-refractivity contribution in [3.05, 3.63) is 28.7 Å². The van der Waals surface area contributed by atoms with Crippen LogP contribution in [0, 0.1) is 13.8 Å². The van der Waals surface area contributed by atoms with Crippen LogP contribution in [0.4, 0.5) is 9.80 Å². The number of urea groups is 1. The highest BCUT2D eigenvalue weighted by Crippen LogP contribution is 2.32. The molecule has 1 aromatic heterocycles. The second-order valence-electron chi connectivity index (χ2n) is 4.04. The van der Waals surface area contributed by atoms with Crippen molar-refractivity contribution in [1.29, 1.82) is 0 Å². The van der Waals surface area contributed by atoms with Gasteiger partial charge < -0.3 is 10.4 Å². The fourth-order valence-electron chi connectivity index (χ4n) is 1.52. The van der Waals surface area contributed by atoms with E-state index in [9.17, 15) is 9.59 Å². The highest BCUT2D eigenvalue weighted by Gasteiger charge is 2.19. The highest BCUT2D eigenvalue weighted by molar-refractivity contribution is 7.99. The van der Waals surface area contributed by atoms with Gasteiger partial charge in [-0.3, -0.25) is 5.32 Å². The van der Waals surface area contributed by atoms with E-state index in [2.05, 4.69) is 17.2 Å². The maximum Gasteiger partial charge on any atom is 0.338 e. The Hall–Kier alpha value is -1.47. The Balaban J connectivity index is 2.56. The van der Waals surface area contributed by atoms with Gasteiger partial charge in [-0.15, -0.1) is 17.9 Å². The normalized spacial score (nSPS) is 10.1. The molecule has 1 aromatic rings. The summed E-state index contributed by atoms with van der Waals surface area (Å²) in [6, 6.07) is -0.382. The predicted molar refractivity (Wildman–Crippen MR) is 85.3 cm³/mol. The average molecular weight is 314 g/mol. The lowest BCUT2D eigenvalue weighted by Crippen LogP contribution is -2.30. The lowest BCUT2D eigenvalue weighted by molar-refractivity contribution is 0.0697. The summed E-state index contributed by atoms with van der Waals surface area (Å²) in [5.41, 5.74) is 0.864. The average Bonchev–Trinajstić information content (AvgIpc) is 2.64. The van der Waals surface area contributed by atoms with E-state index in [0.717, 1.165) is 16.4 Å². The molecule has 7 heteroatoms. The molecule has 0 radical (unpaired) electrons. The van der Waals surface area contributed by atoms with Crippen molar-refractivity contribution in [1.82, 2.24) is 5.32 Å². The van der Waals surface area contributed by atoms with Crippen molar-refractivity contribution in [3.63, 3.8) is 0 Å². The second kappa shape index (κ2) is 7.96. The summed E-state index contributed by atoms with van der Waals surface area (Å²) in [5.74, 6) is 0.604. The number of carbonyl (C=O) groups excluding carboxylic acids is 1. The summed E-state index contributed by atoms with van der Waals surface area (Å²) in [6.45, 7) is 7.71. The third kappa shape index (κ3) is 4.57. The van der Waals surface area contributed by atoms with E-state index in [-0.39, 0.29) is 11.6 Å². The first-order valence-corrected chi connectivity index (χ1v) is 8.01. The third-order valence-electron chi connectivity index (χ3n) is 2.59. The molecule has 3 N–H and O–H groups in total. The molecule has 0 fully saturated rings. The van der Waals surface area contributed by atoms with Gasteiger partial charge >= 0.3 is 12.0 Å². The van der Waals surface area contributed by atoms with Crippen LogP contribution in [0.3, 0.4) is 0 Å². The monoisotopic (exact) mass is 314 g/mol. The molecule has 0 atom stereocenters. The highest BCUT2D eigenvalue weighted by atomic mass is 32.2. The van der Waals surface area contributed by atoms with Gasteiger partial charge in [0.2, 0.25) is 0 Å². The summed E-state index contributed by atoms with van der Waals surface area (Å²) in [5, 5.41) is 14.8. The number of rotatable bonds is 7. The Morgan fingerprint density at radius 1 is 1.45 bits per heavy atom. The van der Waals surface area contributed by atoms with Crippen molar-refractivity contribution >= 4 is 40.1 Å². The molecule has 1 heterocycles. The molecular formula is C13H18N2O3S2. The molecule has 0 aliphatic heterocycles. The van der Waals surface area contributed by atoms with Crippen LogP contribution in [-0.4, -0.2) is 35.2 Å². The quantitative estimate of drug-likeness (QED) is 0.534. The number of thiophene rings is 1. The van der Waals surface area contributed by atoms with E-state index in [4.69, 9.17) is 5.11 Å². The van der Waals surface area contributed by atoms with Crippen LogP contribution in [0.15, 0.2) is 12.7 Å². The van der Waals surface area contributed by atoms with Gasteiger partial charge in [-0.2, -0.15) is 11.8 Å². The molecule has 2 amide bonds. The second-order valence-corrected chi connectivity index (χ2v) is 6.41. The van der Waals surface area contributed by atoms with Crippen LogP contribution in [0.2, 0.25) is 0 Å². The van der Waals surface area contributed by atoms with E-state index in [0.29, 0.717) is 17.1 Å². The largest absolute Gasteiger partial charge is 0.478 e. The number of hydrogen-bond donors (Lipinski definition) is 3. The number of nitrogens with one attached hydrogen (secondary N) is 2. The van der Waals surface area contributed by atoms with Crippen molar-refractivity contribution in [2.45, 2.75) is 13.8 Å². The van der Waals surface area contributed by atoms with Gasteiger partial charge in [-0.05, 0) is 19.4 Å². The molecule has 0 saturated carbocycles. The Morgan fingerprint density at radius 2 is 2.15 bits per heavy atom. The Kier molecular flexibility index (Phi) is 6.60. The molecule has 1 rings (SSSR count). The lowest BCUT2D eigenvalue weighted by atomic mass is 10.1. The molecule has 0 aliphatic rings. The van der Waals surface area contributed by atoms with Crippen molar-refractivity contribution in [3.8, 4) is 0 Å². The minimum Gasteiger partial charge on any atom is -0.478 e. The minimum atomic E-state index is -1.02. The Morgan fingerprint density at radius 3 is 2.75 bits per heavy atom. The van der Waals surface area contributed by atoms with Gasteiger partial charge in [0.05, 0.1) is 5.56 Å². The van der Waals surface area contributed by atoms with E-state index < -0.39 is 5.97 Å². The Labute approximate surface area is 126 Å². The molecular weight excluding hydrogens is 296 g/mol. The summed E-state index contributed by atoms with van der Waals surface area (Å²) in [7, 11) is 0. The van der Waals surface area contributed by atoms with E-state index in [1.165, 1.54) is 11.3 Å². The van der Waals surface area contributed by atoms with Gasteiger partial charge in [0.1, 0.15) is 5.00 Å². The third-order valence-corrected chi connectivity index (χ3v) is 4.68. The standard InChI is InChI=1S/C13H18N2O3S2/c1-4-6-19-7-5-14-13(18)15-11-10(12(16)17)8(2)9(3)20-11/h4H,1,5-7H2,2-3H3,(H,16,17)(H2,14,15,18). The van der Waals surface area contributed by atoms with E-state index >= 15 is 0 Å². The molecule has 0 saturated heterocycles. The zero-order valence-electron chi connectivity index (χ0n) is 11.5. The lowest BCUT2D eigenvalue weighted by Gasteiger charge is -2.06. The number of aryl methyl sites for hydroxylation is 1. The SMILES string of the molecule is C=CCSCCNC(=O)Nc1sc(C)c(C)c1C(=O)O. The first-order valence-electron chi connectivity index (χ1n) is 6.04. The number of anilines is 1. The molecule has 0 aromatic carbocycles. The summed E-state index contributed by atoms with van der Waals surface area (Å²) in [6.07, 6.45) is 1.81. The first kappa shape index (κ1) is 16.6. The van der Waals surface area contributed by atoms with Crippen LogP contribution in [-0.2, 0) is 0 Å². The molecule has 0 aliphatic carbocycles. The zero-order valence-corrected chi connectivity index (χ0v) is 13.1. The number of carboxylic acids is 1. The van der Waals surface area contributed by atoms with Crippen LogP contribution in [0.25, 0.3) is 0 Å². The Bertz CT molecular complexity index is 512. The van der Waals surface area contributed by atoms with Crippen LogP contribution in [0.1, 0.15) is 20.8 Å². The van der Waals surface area contributed by atoms with Gasteiger partial charge in [0, 0.05) is 22.9 Å². The van der Waals surface area contributed by atoms with E-state index in [1.54, 1.807) is 24.8 Å². The van der Waals surface area contributed by atoms with Crippen LogP contribution >= 0.6 is 23.1 Å². The fourth-order valence-corrected chi connectivity index (χ4v) is 3.15. The molecule has 0 bridgehead atoms. The van der Waals surface area contributed by atoms with Gasteiger partial charge in [0.15, 0.2) is 0 Å². The van der Waals surface area contributed by atoms with Crippen LogP contribution < -0.4 is 10.6 Å². The van der Waals surface area contributed by atoms with Gasteiger partial charge in [-0.1, -0.05) is 6.08 Å². The summed E-state index contributed by atoms with van der Waals surface area (Å²) < 4.78 is 0. The predicted octanol–water partition coefficient (Wildman–Crippen LogP) is 3.10. The van der Waals surface area contributed by atoms with Crippen molar-refractivity contribution in [2.75, 3.05) is 23.4 Å². The number of amides is 2. The molecule has 110 valence electrons.